The molecule has 2 aromatic rings. The zero-order valence-corrected chi connectivity index (χ0v) is 20.3. The van der Waals surface area contributed by atoms with Gasteiger partial charge in [-0.2, -0.15) is 0 Å². The zero-order chi connectivity index (χ0) is 23.9. The quantitative estimate of drug-likeness (QED) is 0.497. The maximum absolute atomic E-state index is 13.4. The van der Waals surface area contributed by atoms with Gasteiger partial charge in [0.15, 0.2) is 0 Å². The SMILES string of the molecule is COC(=O)C1=C(C)N(C[C@H]2CCCO2)C(=O)/C1=C\c1cc(C)n(-c2cc(C)cc(C)c2)c1C. The molecule has 2 aliphatic rings. The molecule has 3 heterocycles. The topological polar surface area (TPSA) is 60.8 Å². The summed E-state index contributed by atoms with van der Waals surface area (Å²) in [6.45, 7) is 11.2. The van der Waals surface area contributed by atoms with Crippen molar-refractivity contribution in [3.8, 4) is 5.69 Å². The number of carbonyl (C=O) groups excluding carboxylic acids is 2. The number of hydrogen-bond donors (Lipinski definition) is 0. The van der Waals surface area contributed by atoms with Crippen molar-refractivity contribution in [2.45, 2.75) is 53.6 Å². The molecule has 33 heavy (non-hydrogen) atoms. The van der Waals surface area contributed by atoms with Gasteiger partial charge in [0, 0.05) is 29.4 Å². The average Bonchev–Trinajstić information content (AvgIpc) is 3.42. The number of ether oxygens (including phenoxy) is 2. The minimum Gasteiger partial charge on any atom is -0.465 e. The molecule has 4 rings (SSSR count). The number of aryl methyl sites for hydroxylation is 3. The van der Waals surface area contributed by atoms with Crippen LogP contribution in [0.5, 0.6) is 0 Å². The van der Waals surface area contributed by atoms with Gasteiger partial charge >= 0.3 is 5.97 Å². The van der Waals surface area contributed by atoms with Crippen LogP contribution in [0.4, 0.5) is 0 Å². The summed E-state index contributed by atoms with van der Waals surface area (Å²) in [7, 11) is 1.35. The number of benzene rings is 1. The highest BCUT2D eigenvalue weighted by Gasteiger charge is 2.38. The molecule has 0 radical (unpaired) electrons. The van der Waals surface area contributed by atoms with Gasteiger partial charge in [-0.15, -0.1) is 0 Å². The molecule has 1 saturated heterocycles. The lowest BCUT2D eigenvalue weighted by atomic mass is 10.0. The number of rotatable bonds is 5. The van der Waals surface area contributed by atoms with Gasteiger partial charge in [-0.05, 0) is 88.4 Å². The standard InChI is InChI=1S/C27H32N2O4/c1-16-10-17(2)12-22(11-16)29-18(3)13-21(19(29)4)14-24-25(27(31)32-6)20(5)28(26(24)30)15-23-8-7-9-33-23/h10-14,23H,7-9,15H2,1-6H3/b24-14-/t23-/m1/s1. The molecule has 2 aliphatic heterocycles. The number of carbonyl (C=O) groups is 2. The van der Waals surface area contributed by atoms with Crippen molar-refractivity contribution in [2.75, 3.05) is 20.3 Å². The van der Waals surface area contributed by atoms with Crippen molar-refractivity contribution in [3.63, 3.8) is 0 Å². The van der Waals surface area contributed by atoms with E-state index in [-0.39, 0.29) is 12.0 Å². The number of amides is 1. The molecule has 1 fully saturated rings. The lowest BCUT2D eigenvalue weighted by Crippen LogP contribution is -2.33. The van der Waals surface area contributed by atoms with Crippen molar-refractivity contribution in [2.24, 2.45) is 0 Å². The summed E-state index contributed by atoms with van der Waals surface area (Å²) in [6, 6.07) is 8.51. The largest absolute Gasteiger partial charge is 0.465 e. The molecule has 0 spiro atoms. The van der Waals surface area contributed by atoms with Crippen LogP contribution in [0.2, 0.25) is 0 Å². The van der Waals surface area contributed by atoms with E-state index in [0.717, 1.165) is 35.5 Å². The molecule has 1 aromatic carbocycles. The summed E-state index contributed by atoms with van der Waals surface area (Å²) in [4.78, 5) is 27.8. The third kappa shape index (κ3) is 4.27. The van der Waals surface area contributed by atoms with E-state index >= 15 is 0 Å². The zero-order valence-electron chi connectivity index (χ0n) is 20.3. The Morgan fingerprint density at radius 3 is 2.42 bits per heavy atom. The van der Waals surface area contributed by atoms with Crippen LogP contribution in [0.25, 0.3) is 11.8 Å². The Morgan fingerprint density at radius 1 is 1.12 bits per heavy atom. The Kier molecular flexibility index (Phi) is 6.30. The predicted molar refractivity (Wildman–Crippen MR) is 128 cm³/mol. The minimum atomic E-state index is -0.495. The van der Waals surface area contributed by atoms with E-state index in [1.807, 2.05) is 13.0 Å². The highest BCUT2D eigenvalue weighted by Crippen LogP contribution is 2.34. The molecule has 1 amide bonds. The maximum atomic E-state index is 13.4. The number of methoxy groups -OCH3 is 1. The summed E-state index contributed by atoms with van der Waals surface area (Å²) >= 11 is 0. The fourth-order valence-electron chi connectivity index (χ4n) is 5.01. The van der Waals surface area contributed by atoms with Gasteiger partial charge in [0.25, 0.3) is 5.91 Å². The van der Waals surface area contributed by atoms with Gasteiger partial charge in [0.05, 0.1) is 30.9 Å². The fraction of sp³-hybridized carbons (Fsp3) is 0.407. The molecule has 6 heteroatoms. The van der Waals surface area contributed by atoms with Crippen LogP contribution in [0.3, 0.4) is 0 Å². The molecule has 6 nitrogen and oxygen atoms in total. The second-order valence-electron chi connectivity index (χ2n) is 9.07. The Labute approximate surface area is 195 Å². The van der Waals surface area contributed by atoms with Crippen molar-refractivity contribution in [3.05, 3.63) is 69.2 Å². The first-order chi connectivity index (χ1) is 15.7. The molecular weight excluding hydrogens is 416 g/mol. The summed E-state index contributed by atoms with van der Waals surface area (Å²) in [5, 5.41) is 0. The third-order valence-corrected chi connectivity index (χ3v) is 6.55. The Balaban J connectivity index is 1.77. The van der Waals surface area contributed by atoms with Gasteiger partial charge in [0.2, 0.25) is 0 Å². The van der Waals surface area contributed by atoms with Crippen molar-refractivity contribution in [1.82, 2.24) is 9.47 Å². The van der Waals surface area contributed by atoms with Crippen LogP contribution in [-0.4, -0.2) is 47.7 Å². The summed E-state index contributed by atoms with van der Waals surface area (Å²) in [5.41, 5.74) is 7.78. The van der Waals surface area contributed by atoms with Gasteiger partial charge in [0.1, 0.15) is 0 Å². The molecule has 0 bridgehead atoms. The number of aromatic nitrogens is 1. The first-order valence-corrected chi connectivity index (χ1v) is 11.4. The lowest BCUT2D eigenvalue weighted by Gasteiger charge is -2.21. The minimum absolute atomic E-state index is 0.00299. The monoisotopic (exact) mass is 448 g/mol. The van der Waals surface area contributed by atoms with Gasteiger partial charge in [-0.25, -0.2) is 4.79 Å². The molecule has 1 aromatic heterocycles. The maximum Gasteiger partial charge on any atom is 0.340 e. The molecule has 0 unspecified atom stereocenters. The number of hydrogen-bond acceptors (Lipinski definition) is 4. The van der Waals surface area contributed by atoms with E-state index in [1.165, 1.54) is 18.2 Å². The molecule has 174 valence electrons. The number of esters is 1. The Hall–Kier alpha value is -3.12. The van der Waals surface area contributed by atoms with Crippen molar-refractivity contribution >= 4 is 18.0 Å². The van der Waals surface area contributed by atoms with E-state index in [9.17, 15) is 9.59 Å². The molecule has 0 aliphatic carbocycles. The average molecular weight is 449 g/mol. The second-order valence-corrected chi connectivity index (χ2v) is 9.07. The van der Waals surface area contributed by atoms with E-state index in [2.05, 4.69) is 49.6 Å². The van der Waals surface area contributed by atoms with Crippen molar-refractivity contribution in [1.29, 1.82) is 0 Å². The Morgan fingerprint density at radius 2 is 1.82 bits per heavy atom. The van der Waals surface area contributed by atoms with Gasteiger partial charge in [-0.1, -0.05) is 6.07 Å². The molecular formula is C27H32N2O4. The van der Waals surface area contributed by atoms with Crippen molar-refractivity contribution < 1.29 is 19.1 Å². The fourth-order valence-corrected chi connectivity index (χ4v) is 5.01. The second kappa shape index (κ2) is 9.02. The van der Waals surface area contributed by atoms with Gasteiger partial charge < -0.3 is 18.9 Å². The molecule has 1 atom stereocenters. The van der Waals surface area contributed by atoms with Crippen LogP contribution in [0.15, 0.2) is 41.1 Å². The van der Waals surface area contributed by atoms with E-state index < -0.39 is 5.97 Å². The summed E-state index contributed by atoms with van der Waals surface area (Å²) < 4.78 is 13.0. The Bertz CT molecular complexity index is 1160. The lowest BCUT2D eigenvalue weighted by molar-refractivity contribution is -0.136. The van der Waals surface area contributed by atoms with E-state index in [1.54, 1.807) is 11.8 Å². The van der Waals surface area contributed by atoms with E-state index in [4.69, 9.17) is 9.47 Å². The van der Waals surface area contributed by atoms with Crippen LogP contribution >= 0.6 is 0 Å². The van der Waals surface area contributed by atoms with Crippen LogP contribution in [0, 0.1) is 27.7 Å². The number of nitrogens with zero attached hydrogens (tertiary/aromatic N) is 2. The summed E-state index contributed by atoms with van der Waals surface area (Å²) in [5.74, 6) is -0.676. The van der Waals surface area contributed by atoms with Gasteiger partial charge in [-0.3, -0.25) is 4.79 Å². The highest BCUT2D eigenvalue weighted by atomic mass is 16.5. The van der Waals surface area contributed by atoms with Crippen LogP contribution in [0.1, 0.15) is 47.8 Å². The smallest absolute Gasteiger partial charge is 0.340 e. The van der Waals surface area contributed by atoms with E-state index in [0.29, 0.717) is 30.0 Å². The summed E-state index contributed by atoms with van der Waals surface area (Å²) in [6.07, 6.45) is 3.74. The first kappa shape index (κ1) is 23.1. The van der Waals surface area contributed by atoms with Crippen LogP contribution in [-0.2, 0) is 19.1 Å². The first-order valence-electron chi connectivity index (χ1n) is 11.4. The molecule has 0 saturated carbocycles. The third-order valence-electron chi connectivity index (χ3n) is 6.55. The molecule has 0 N–H and O–H groups in total. The number of allylic oxidation sites excluding steroid dienone is 1. The highest BCUT2D eigenvalue weighted by molar-refractivity contribution is 6.16. The normalized spacial score (nSPS) is 19.8. The predicted octanol–water partition coefficient (Wildman–Crippen LogP) is 4.56. The van der Waals surface area contributed by atoms with Crippen LogP contribution < -0.4 is 0 Å².